The Kier molecular flexibility index (Phi) is 7.47. The van der Waals surface area contributed by atoms with Crippen molar-refractivity contribution in [1.82, 2.24) is 0 Å². The van der Waals surface area contributed by atoms with Gasteiger partial charge in [0, 0.05) is 11.4 Å². The van der Waals surface area contributed by atoms with Crippen molar-refractivity contribution in [2.24, 2.45) is 0 Å². The highest BCUT2D eigenvalue weighted by Crippen LogP contribution is 2.43. The first-order valence-electron chi connectivity index (χ1n) is 12.5. The molecular weight excluding hydrogens is 558 g/mol. The van der Waals surface area contributed by atoms with Crippen LogP contribution in [0, 0.1) is 0 Å². The summed E-state index contributed by atoms with van der Waals surface area (Å²) < 4.78 is 92.5. The van der Waals surface area contributed by atoms with E-state index < -0.39 is 35.0 Å². The standard InChI is InChI=1S/C32H22F6N2O2/c33-31(34,35)27-16-21(39)8-14-29(27)41-23-10-6-20(7-11-23)25-13-12-24(18-26(25)19-4-2-1-3-5-19)42-30-15-9-22(40)17-28(30)32(36,37)38/h1-18H,39-40H2. The van der Waals surface area contributed by atoms with E-state index in [9.17, 15) is 26.3 Å². The summed E-state index contributed by atoms with van der Waals surface area (Å²) in [5, 5.41) is 0. The quantitative estimate of drug-likeness (QED) is 0.155. The average Bonchev–Trinajstić information content (AvgIpc) is 2.95. The molecule has 5 aromatic carbocycles. The van der Waals surface area contributed by atoms with Crippen molar-refractivity contribution in [3.8, 4) is 45.3 Å². The van der Waals surface area contributed by atoms with Crippen molar-refractivity contribution >= 4 is 11.4 Å². The number of rotatable bonds is 6. The molecular formula is C32H22F6N2O2. The summed E-state index contributed by atoms with van der Waals surface area (Å²) in [6.45, 7) is 0. The van der Waals surface area contributed by atoms with Gasteiger partial charge < -0.3 is 20.9 Å². The molecule has 0 heterocycles. The molecule has 0 aliphatic carbocycles. The van der Waals surface area contributed by atoms with Crippen molar-refractivity contribution in [2.75, 3.05) is 11.5 Å². The molecule has 5 rings (SSSR count). The fourth-order valence-corrected chi connectivity index (χ4v) is 4.37. The zero-order valence-electron chi connectivity index (χ0n) is 21.6. The summed E-state index contributed by atoms with van der Waals surface area (Å²) >= 11 is 0. The largest absolute Gasteiger partial charge is 0.457 e. The number of anilines is 2. The van der Waals surface area contributed by atoms with Gasteiger partial charge in [-0.3, -0.25) is 0 Å². The second-order valence-corrected chi connectivity index (χ2v) is 9.31. The minimum atomic E-state index is -4.68. The lowest BCUT2D eigenvalue weighted by Crippen LogP contribution is -2.08. The van der Waals surface area contributed by atoms with E-state index in [1.54, 1.807) is 24.3 Å². The van der Waals surface area contributed by atoms with E-state index in [4.69, 9.17) is 20.9 Å². The van der Waals surface area contributed by atoms with Crippen molar-refractivity contribution < 1.29 is 35.8 Å². The fourth-order valence-electron chi connectivity index (χ4n) is 4.37. The number of hydrogen-bond acceptors (Lipinski definition) is 4. The van der Waals surface area contributed by atoms with Crippen LogP contribution in [0.15, 0.2) is 109 Å². The molecule has 0 unspecified atom stereocenters. The Morgan fingerprint density at radius 2 is 0.929 bits per heavy atom. The minimum Gasteiger partial charge on any atom is -0.457 e. The Morgan fingerprint density at radius 1 is 0.452 bits per heavy atom. The van der Waals surface area contributed by atoms with Crippen molar-refractivity contribution in [3.63, 3.8) is 0 Å². The first-order valence-corrected chi connectivity index (χ1v) is 12.5. The van der Waals surface area contributed by atoms with E-state index in [1.165, 1.54) is 30.3 Å². The predicted molar refractivity (Wildman–Crippen MR) is 149 cm³/mol. The maximum atomic E-state index is 13.6. The van der Waals surface area contributed by atoms with Gasteiger partial charge in [0.25, 0.3) is 0 Å². The molecule has 0 aromatic heterocycles. The third kappa shape index (κ3) is 6.27. The Labute approximate surface area is 236 Å². The first kappa shape index (κ1) is 28.4. The maximum absolute atomic E-state index is 13.6. The van der Waals surface area contributed by atoms with Crippen LogP contribution in [0.1, 0.15) is 11.1 Å². The average molecular weight is 581 g/mol. The molecule has 42 heavy (non-hydrogen) atoms. The van der Waals surface area contributed by atoms with Crippen LogP contribution in [0.5, 0.6) is 23.0 Å². The summed E-state index contributed by atoms with van der Waals surface area (Å²) in [5.41, 5.74) is 11.8. The molecule has 0 bridgehead atoms. The lowest BCUT2D eigenvalue weighted by atomic mass is 9.94. The molecule has 4 nitrogen and oxygen atoms in total. The second-order valence-electron chi connectivity index (χ2n) is 9.31. The highest BCUT2D eigenvalue weighted by Gasteiger charge is 2.35. The number of nitrogen functional groups attached to an aromatic ring is 2. The molecule has 0 fully saturated rings. The van der Waals surface area contributed by atoms with Crippen LogP contribution in [-0.2, 0) is 12.4 Å². The van der Waals surface area contributed by atoms with E-state index in [-0.39, 0.29) is 22.9 Å². The number of hydrogen-bond donors (Lipinski definition) is 2. The van der Waals surface area contributed by atoms with Gasteiger partial charge in [0.1, 0.15) is 34.1 Å². The molecule has 0 atom stereocenters. The second kappa shape index (κ2) is 11.0. The van der Waals surface area contributed by atoms with Gasteiger partial charge in [-0.05, 0) is 82.9 Å². The topological polar surface area (TPSA) is 70.5 Å². The van der Waals surface area contributed by atoms with E-state index >= 15 is 0 Å². The van der Waals surface area contributed by atoms with Crippen LogP contribution in [0.25, 0.3) is 22.3 Å². The van der Waals surface area contributed by atoms with E-state index in [2.05, 4.69) is 0 Å². The third-order valence-electron chi connectivity index (χ3n) is 6.31. The van der Waals surface area contributed by atoms with Crippen molar-refractivity contribution in [1.29, 1.82) is 0 Å². The SMILES string of the molecule is Nc1ccc(Oc2ccc(-c3ccc(Oc4ccc(N)cc4C(F)(F)F)cc3-c3ccccc3)cc2)c(C(F)(F)F)c1. The third-order valence-corrected chi connectivity index (χ3v) is 6.31. The number of benzene rings is 5. The van der Waals surface area contributed by atoms with Crippen LogP contribution in [0.4, 0.5) is 37.7 Å². The number of ether oxygens (including phenoxy) is 2. The van der Waals surface area contributed by atoms with Crippen molar-refractivity contribution in [3.05, 3.63) is 120 Å². The predicted octanol–water partition coefficient (Wildman–Crippen LogP) is 9.81. The van der Waals surface area contributed by atoms with Gasteiger partial charge in [0.15, 0.2) is 0 Å². The van der Waals surface area contributed by atoms with E-state index in [0.717, 1.165) is 29.8 Å². The van der Waals surface area contributed by atoms with Gasteiger partial charge in [0.05, 0.1) is 0 Å². The maximum Gasteiger partial charge on any atom is 0.420 e. The van der Waals surface area contributed by atoms with Gasteiger partial charge in [-0.15, -0.1) is 0 Å². The van der Waals surface area contributed by atoms with Crippen LogP contribution < -0.4 is 20.9 Å². The molecule has 0 aliphatic rings. The Morgan fingerprint density at radius 3 is 1.45 bits per heavy atom. The van der Waals surface area contributed by atoms with E-state index in [1.807, 2.05) is 30.3 Å². The molecule has 0 saturated carbocycles. The van der Waals surface area contributed by atoms with Crippen LogP contribution in [0.2, 0.25) is 0 Å². The Balaban J connectivity index is 1.49. The summed E-state index contributed by atoms with van der Waals surface area (Å²) in [6.07, 6.45) is -9.34. The molecule has 0 radical (unpaired) electrons. The molecule has 0 amide bonds. The highest BCUT2D eigenvalue weighted by atomic mass is 19.4. The van der Waals surface area contributed by atoms with Gasteiger partial charge in [-0.25, -0.2) is 0 Å². The number of nitrogens with two attached hydrogens (primary N) is 2. The van der Waals surface area contributed by atoms with Gasteiger partial charge in [0.2, 0.25) is 0 Å². The number of halogens is 6. The van der Waals surface area contributed by atoms with E-state index in [0.29, 0.717) is 16.7 Å². The van der Waals surface area contributed by atoms with Gasteiger partial charge in [-0.1, -0.05) is 48.5 Å². The highest BCUT2D eigenvalue weighted by molar-refractivity contribution is 5.84. The zero-order chi connectivity index (χ0) is 30.1. The lowest BCUT2D eigenvalue weighted by Gasteiger charge is -2.17. The summed E-state index contributed by atoms with van der Waals surface area (Å²) in [6, 6.07) is 26.9. The molecule has 0 spiro atoms. The molecule has 4 N–H and O–H groups in total. The summed E-state index contributed by atoms with van der Waals surface area (Å²) in [5.74, 6) is -0.461. The van der Waals surface area contributed by atoms with Crippen molar-refractivity contribution in [2.45, 2.75) is 12.4 Å². The van der Waals surface area contributed by atoms with Gasteiger partial charge >= 0.3 is 12.4 Å². The smallest absolute Gasteiger partial charge is 0.420 e. The zero-order valence-corrected chi connectivity index (χ0v) is 21.6. The lowest BCUT2D eigenvalue weighted by molar-refractivity contribution is -0.139. The van der Waals surface area contributed by atoms with Gasteiger partial charge in [-0.2, -0.15) is 26.3 Å². The monoisotopic (exact) mass is 580 g/mol. The summed E-state index contributed by atoms with van der Waals surface area (Å²) in [7, 11) is 0. The first-order chi connectivity index (χ1) is 19.9. The minimum absolute atomic E-state index is 0.0445. The molecule has 0 aliphatic heterocycles. The molecule has 0 saturated heterocycles. The Hall–Kier alpha value is -5.12. The van der Waals surface area contributed by atoms with Crippen LogP contribution >= 0.6 is 0 Å². The molecule has 10 heteroatoms. The van der Waals surface area contributed by atoms with Crippen LogP contribution in [-0.4, -0.2) is 0 Å². The Bertz CT molecular complexity index is 1720. The normalized spacial score (nSPS) is 11.8. The number of alkyl halides is 6. The van der Waals surface area contributed by atoms with Crippen LogP contribution in [0.3, 0.4) is 0 Å². The molecule has 214 valence electrons. The molecule has 5 aromatic rings. The summed E-state index contributed by atoms with van der Waals surface area (Å²) in [4.78, 5) is 0. The fraction of sp³-hybridized carbons (Fsp3) is 0.0625.